The smallest absolute Gasteiger partial charge is 0.161 e. The number of hydrogen-bond donors (Lipinski definition) is 1. The number of benzene rings is 1. The minimum absolute atomic E-state index is 0.584. The molecule has 0 aliphatic rings. The van der Waals surface area contributed by atoms with Gasteiger partial charge in [-0.3, -0.25) is 4.68 Å². The van der Waals surface area contributed by atoms with E-state index in [0.717, 1.165) is 18.0 Å². The molecule has 1 aromatic heterocycles. The zero-order chi connectivity index (χ0) is 14.4. The lowest BCUT2D eigenvalue weighted by Crippen LogP contribution is -2.22. The summed E-state index contributed by atoms with van der Waals surface area (Å²) in [5.41, 5.74) is 5.72. The normalized spacial score (nSPS) is 10.3. The third kappa shape index (κ3) is 3.47. The van der Waals surface area contributed by atoms with Crippen LogP contribution in [0.5, 0.6) is 11.5 Å². The van der Waals surface area contributed by atoms with Crippen molar-refractivity contribution in [1.29, 1.82) is 0 Å². The van der Waals surface area contributed by atoms with E-state index in [9.17, 15) is 0 Å². The van der Waals surface area contributed by atoms with E-state index in [1.165, 1.54) is 11.4 Å². The van der Waals surface area contributed by atoms with Gasteiger partial charge in [-0.2, -0.15) is 0 Å². The molecule has 0 aliphatic carbocycles. The Morgan fingerprint density at radius 3 is 2.15 bits per heavy atom. The molecule has 0 aliphatic heterocycles. The highest BCUT2D eigenvalue weighted by Gasteiger charge is 2.03. The first-order chi connectivity index (χ1) is 9.72. The van der Waals surface area contributed by atoms with Crippen LogP contribution in [0.1, 0.15) is 18.3 Å². The number of para-hydroxylation sites is 2. The van der Waals surface area contributed by atoms with Gasteiger partial charge in [-0.25, -0.2) is 0 Å². The van der Waals surface area contributed by atoms with Crippen molar-refractivity contribution in [3.8, 4) is 11.5 Å². The summed E-state index contributed by atoms with van der Waals surface area (Å²) in [7, 11) is 0. The van der Waals surface area contributed by atoms with E-state index in [4.69, 9.17) is 9.47 Å². The molecule has 4 heteroatoms. The van der Waals surface area contributed by atoms with Gasteiger partial charge in [0.25, 0.3) is 0 Å². The second kappa shape index (κ2) is 6.89. The van der Waals surface area contributed by atoms with Crippen LogP contribution >= 0.6 is 0 Å². The van der Waals surface area contributed by atoms with Gasteiger partial charge in [-0.05, 0) is 45.0 Å². The van der Waals surface area contributed by atoms with E-state index in [2.05, 4.69) is 36.1 Å². The van der Waals surface area contributed by atoms with Crippen LogP contribution in [0.25, 0.3) is 0 Å². The lowest BCUT2D eigenvalue weighted by molar-refractivity contribution is 0.283. The van der Waals surface area contributed by atoms with Gasteiger partial charge in [-0.15, -0.1) is 0 Å². The van der Waals surface area contributed by atoms with Crippen LogP contribution in [0.3, 0.4) is 0 Å². The Bertz CT molecular complexity index is 530. The molecule has 0 fully saturated rings. The summed E-state index contributed by atoms with van der Waals surface area (Å²) in [6, 6.07) is 11.9. The minimum Gasteiger partial charge on any atom is -0.490 e. The molecule has 0 amide bonds. The molecule has 0 bridgehead atoms. The molecule has 108 valence electrons. The topological polar surface area (TPSA) is 35.4 Å². The van der Waals surface area contributed by atoms with Gasteiger partial charge in [0, 0.05) is 11.4 Å². The number of aryl methyl sites for hydroxylation is 2. The summed E-state index contributed by atoms with van der Waals surface area (Å²) in [6.45, 7) is 8.07. The third-order valence-corrected chi connectivity index (χ3v) is 3.05. The fourth-order valence-electron chi connectivity index (χ4n) is 2.08. The van der Waals surface area contributed by atoms with E-state index in [1.807, 2.05) is 31.2 Å². The summed E-state index contributed by atoms with van der Waals surface area (Å²) in [4.78, 5) is 0. The van der Waals surface area contributed by atoms with Crippen LogP contribution in [-0.2, 0) is 0 Å². The predicted octanol–water partition coefficient (Wildman–Crippen LogP) is 3.13. The van der Waals surface area contributed by atoms with Crippen molar-refractivity contribution in [2.24, 2.45) is 0 Å². The molecule has 2 aromatic rings. The number of aromatic nitrogens is 1. The summed E-state index contributed by atoms with van der Waals surface area (Å²) in [6.07, 6.45) is 0. The van der Waals surface area contributed by atoms with Crippen molar-refractivity contribution < 1.29 is 9.47 Å². The molecule has 1 aromatic carbocycles. The second-order valence-electron chi connectivity index (χ2n) is 4.59. The van der Waals surface area contributed by atoms with Crippen molar-refractivity contribution in [2.45, 2.75) is 20.8 Å². The Morgan fingerprint density at radius 1 is 0.950 bits per heavy atom. The van der Waals surface area contributed by atoms with Gasteiger partial charge in [0.05, 0.1) is 13.2 Å². The zero-order valence-electron chi connectivity index (χ0n) is 12.3. The standard InChI is InChI=1S/C16H22N2O2/c1-4-19-15-7-5-6-8-16(15)20-12-11-17-18-13(2)9-10-14(18)3/h5-10,17H,4,11-12H2,1-3H3. The molecule has 0 atom stereocenters. The number of ether oxygens (including phenoxy) is 2. The third-order valence-electron chi connectivity index (χ3n) is 3.05. The molecule has 0 saturated heterocycles. The minimum atomic E-state index is 0.584. The summed E-state index contributed by atoms with van der Waals surface area (Å²) >= 11 is 0. The zero-order valence-corrected chi connectivity index (χ0v) is 12.3. The molecule has 1 heterocycles. The number of hydrogen-bond acceptors (Lipinski definition) is 3. The quantitative estimate of drug-likeness (QED) is 0.788. The van der Waals surface area contributed by atoms with E-state index in [-0.39, 0.29) is 0 Å². The SMILES string of the molecule is CCOc1ccccc1OCCNn1c(C)ccc1C. The Labute approximate surface area is 120 Å². The molecule has 2 rings (SSSR count). The molecule has 0 spiro atoms. The highest BCUT2D eigenvalue weighted by atomic mass is 16.5. The number of nitrogens with zero attached hydrogens (tertiary/aromatic N) is 1. The van der Waals surface area contributed by atoms with E-state index < -0.39 is 0 Å². The van der Waals surface area contributed by atoms with E-state index >= 15 is 0 Å². The van der Waals surface area contributed by atoms with E-state index in [0.29, 0.717) is 13.2 Å². The van der Waals surface area contributed by atoms with Crippen molar-refractivity contribution in [3.63, 3.8) is 0 Å². The molecule has 0 radical (unpaired) electrons. The van der Waals surface area contributed by atoms with Crippen LogP contribution in [0.4, 0.5) is 0 Å². The first-order valence-electron chi connectivity index (χ1n) is 6.96. The maximum Gasteiger partial charge on any atom is 0.161 e. The summed E-state index contributed by atoms with van der Waals surface area (Å²) < 4.78 is 13.4. The van der Waals surface area contributed by atoms with Crippen molar-refractivity contribution >= 4 is 0 Å². The lowest BCUT2D eigenvalue weighted by Gasteiger charge is -2.14. The Balaban J connectivity index is 1.84. The van der Waals surface area contributed by atoms with Gasteiger partial charge >= 0.3 is 0 Å². The van der Waals surface area contributed by atoms with Gasteiger partial charge < -0.3 is 14.9 Å². The number of rotatable bonds is 7. The Hall–Kier alpha value is -2.10. The van der Waals surface area contributed by atoms with Gasteiger partial charge in [0.2, 0.25) is 0 Å². The number of nitrogens with one attached hydrogen (secondary N) is 1. The average Bonchev–Trinajstić information content (AvgIpc) is 2.77. The summed E-state index contributed by atoms with van der Waals surface area (Å²) in [5.74, 6) is 1.58. The maximum atomic E-state index is 5.77. The highest BCUT2D eigenvalue weighted by molar-refractivity contribution is 5.39. The second-order valence-corrected chi connectivity index (χ2v) is 4.59. The van der Waals surface area contributed by atoms with Crippen LogP contribution < -0.4 is 14.9 Å². The predicted molar refractivity (Wildman–Crippen MR) is 81.2 cm³/mol. The molecule has 20 heavy (non-hydrogen) atoms. The highest BCUT2D eigenvalue weighted by Crippen LogP contribution is 2.26. The Kier molecular flexibility index (Phi) is 4.93. The largest absolute Gasteiger partial charge is 0.490 e. The van der Waals surface area contributed by atoms with Gasteiger partial charge in [-0.1, -0.05) is 12.1 Å². The Morgan fingerprint density at radius 2 is 1.55 bits per heavy atom. The molecule has 0 unspecified atom stereocenters. The van der Waals surface area contributed by atoms with Crippen LogP contribution in [0.2, 0.25) is 0 Å². The van der Waals surface area contributed by atoms with Crippen LogP contribution in [0.15, 0.2) is 36.4 Å². The van der Waals surface area contributed by atoms with E-state index in [1.54, 1.807) is 0 Å². The van der Waals surface area contributed by atoms with Gasteiger partial charge in [0.15, 0.2) is 11.5 Å². The monoisotopic (exact) mass is 274 g/mol. The van der Waals surface area contributed by atoms with Crippen molar-refractivity contribution in [2.75, 3.05) is 25.2 Å². The molecule has 4 nitrogen and oxygen atoms in total. The lowest BCUT2D eigenvalue weighted by atomic mass is 10.3. The fourth-order valence-corrected chi connectivity index (χ4v) is 2.08. The average molecular weight is 274 g/mol. The molecule has 0 saturated carbocycles. The van der Waals surface area contributed by atoms with Crippen molar-refractivity contribution in [3.05, 3.63) is 47.8 Å². The molecule has 1 N–H and O–H groups in total. The van der Waals surface area contributed by atoms with Gasteiger partial charge in [0.1, 0.15) is 6.61 Å². The van der Waals surface area contributed by atoms with Crippen LogP contribution in [-0.4, -0.2) is 24.4 Å². The van der Waals surface area contributed by atoms with Crippen LogP contribution in [0, 0.1) is 13.8 Å². The molecular formula is C16H22N2O2. The maximum absolute atomic E-state index is 5.77. The van der Waals surface area contributed by atoms with Crippen molar-refractivity contribution in [1.82, 2.24) is 4.68 Å². The first-order valence-corrected chi connectivity index (χ1v) is 6.96. The molecular weight excluding hydrogens is 252 g/mol. The first kappa shape index (κ1) is 14.3. The summed E-state index contributed by atoms with van der Waals surface area (Å²) in [5, 5.41) is 0. The fraction of sp³-hybridized carbons (Fsp3) is 0.375.